The van der Waals surface area contributed by atoms with Crippen LogP contribution in [-0.4, -0.2) is 0 Å². The third kappa shape index (κ3) is 5.54. The summed E-state index contributed by atoms with van der Waals surface area (Å²) in [5.74, 6) is 0. The van der Waals surface area contributed by atoms with Crippen LogP contribution in [0.3, 0.4) is 0 Å². The molecular weight excluding hydrogens is 785 g/mol. The molecule has 0 saturated heterocycles. The van der Waals surface area contributed by atoms with Gasteiger partial charge in [-0.15, -0.1) is 0 Å². The molecule has 0 radical (unpaired) electrons. The largest absolute Gasteiger partial charge is 0.310 e. The first-order chi connectivity index (χ1) is 32.1. The minimum Gasteiger partial charge on any atom is -0.310 e. The number of rotatable bonds is 6. The van der Waals surface area contributed by atoms with Gasteiger partial charge in [-0.05, 0) is 187 Å². The number of hydrogen-bond donors (Lipinski definition) is 0. The molecule has 0 atom stereocenters. The van der Waals surface area contributed by atoms with Gasteiger partial charge in [-0.3, -0.25) is 0 Å². The number of para-hydroxylation sites is 4. The van der Waals surface area contributed by atoms with Crippen LogP contribution in [0.25, 0.3) is 54.6 Å². The molecule has 0 amide bonds. The lowest BCUT2D eigenvalue weighted by molar-refractivity contribution is 0.797. The molecule has 2 aliphatic rings. The second-order valence-electron chi connectivity index (χ2n) is 17.8. The molecule has 0 N–H and O–H groups in total. The molecule has 2 aliphatic carbocycles. The fourth-order valence-corrected chi connectivity index (χ4v) is 11.3. The fraction of sp³-hybridized carbons (Fsp3) is 0.0476. The Morgan fingerprint density at radius 1 is 0.292 bits per heavy atom. The van der Waals surface area contributed by atoms with E-state index in [1.165, 1.54) is 99.3 Å². The summed E-state index contributed by atoms with van der Waals surface area (Å²) < 4.78 is 0. The van der Waals surface area contributed by atoms with Gasteiger partial charge in [0.2, 0.25) is 0 Å². The van der Waals surface area contributed by atoms with Gasteiger partial charge < -0.3 is 9.80 Å². The molecular formula is C63H44N2. The van der Waals surface area contributed by atoms with Crippen molar-refractivity contribution in [2.75, 3.05) is 9.80 Å². The average Bonchev–Trinajstić information content (AvgIpc) is 3.81. The monoisotopic (exact) mass is 828 g/mol. The molecule has 2 heteroatoms. The third-order valence-electron chi connectivity index (χ3n) is 14.2. The Kier molecular flexibility index (Phi) is 8.29. The van der Waals surface area contributed by atoms with Crippen LogP contribution in [-0.2, 0) is 5.41 Å². The van der Waals surface area contributed by atoms with Crippen molar-refractivity contribution in [2.45, 2.75) is 19.3 Å². The molecule has 0 fully saturated rings. The lowest BCUT2D eigenvalue weighted by Crippen LogP contribution is -2.26. The van der Waals surface area contributed by atoms with Gasteiger partial charge in [0.05, 0.1) is 5.41 Å². The maximum Gasteiger partial charge on any atom is 0.0726 e. The number of hydrogen-bond acceptors (Lipinski definition) is 2. The maximum absolute atomic E-state index is 2.53. The van der Waals surface area contributed by atoms with Crippen LogP contribution in [0, 0.1) is 13.8 Å². The van der Waals surface area contributed by atoms with Crippen LogP contribution >= 0.6 is 0 Å². The van der Waals surface area contributed by atoms with Crippen molar-refractivity contribution in [1.29, 1.82) is 0 Å². The quantitative estimate of drug-likeness (QED) is 0.165. The first-order valence-electron chi connectivity index (χ1n) is 22.7. The van der Waals surface area contributed by atoms with E-state index < -0.39 is 5.41 Å². The summed E-state index contributed by atoms with van der Waals surface area (Å²) in [7, 11) is 0. The molecule has 11 aromatic carbocycles. The Hall–Kier alpha value is -8.20. The first-order valence-corrected chi connectivity index (χ1v) is 22.7. The highest BCUT2D eigenvalue weighted by Gasteiger charge is 2.52. The smallest absolute Gasteiger partial charge is 0.0726 e. The third-order valence-corrected chi connectivity index (χ3v) is 14.2. The molecule has 1 spiro atoms. The van der Waals surface area contributed by atoms with Crippen molar-refractivity contribution >= 4 is 66.4 Å². The van der Waals surface area contributed by atoms with Crippen LogP contribution in [0.5, 0.6) is 0 Å². The van der Waals surface area contributed by atoms with Crippen LogP contribution < -0.4 is 9.80 Å². The van der Waals surface area contributed by atoms with E-state index in [0.717, 1.165) is 22.7 Å². The van der Waals surface area contributed by atoms with E-state index in [1.807, 2.05) is 0 Å². The molecule has 2 nitrogen and oxygen atoms in total. The van der Waals surface area contributed by atoms with Crippen LogP contribution in [0.2, 0.25) is 0 Å². The van der Waals surface area contributed by atoms with Crippen LogP contribution in [0.1, 0.15) is 33.4 Å². The summed E-state index contributed by atoms with van der Waals surface area (Å²) >= 11 is 0. The van der Waals surface area contributed by atoms with Crippen molar-refractivity contribution in [3.63, 3.8) is 0 Å². The van der Waals surface area contributed by atoms with E-state index in [2.05, 4.69) is 254 Å². The minimum absolute atomic E-state index is 0.542. The van der Waals surface area contributed by atoms with E-state index in [-0.39, 0.29) is 0 Å². The normalized spacial score (nSPS) is 12.9. The van der Waals surface area contributed by atoms with E-state index in [0.29, 0.717) is 0 Å². The van der Waals surface area contributed by atoms with Crippen molar-refractivity contribution in [1.82, 2.24) is 0 Å². The molecule has 0 heterocycles. The van der Waals surface area contributed by atoms with Gasteiger partial charge in [-0.1, -0.05) is 146 Å². The minimum atomic E-state index is -0.542. The van der Waals surface area contributed by atoms with Crippen molar-refractivity contribution in [3.05, 3.63) is 264 Å². The molecule has 306 valence electrons. The molecule has 11 aromatic rings. The second-order valence-corrected chi connectivity index (χ2v) is 17.8. The summed E-state index contributed by atoms with van der Waals surface area (Å²) in [6.07, 6.45) is 0. The Labute approximate surface area is 379 Å². The SMILES string of the molecule is Cc1ccccc1N(c1ccccc1)c1ccc2cc3c(cc2c1)C1(c2cc4cc(N(c5ccccc5)c5ccccc5C)ccc4cc2-3)c2ccccc2-c2c1ccc1ccccc21. The van der Waals surface area contributed by atoms with Gasteiger partial charge in [0, 0.05) is 34.1 Å². The molecule has 0 aliphatic heterocycles. The Balaban J connectivity index is 1.09. The van der Waals surface area contributed by atoms with E-state index in [1.54, 1.807) is 0 Å². The van der Waals surface area contributed by atoms with Gasteiger partial charge >= 0.3 is 0 Å². The predicted octanol–water partition coefficient (Wildman–Crippen LogP) is 17.0. The lowest BCUT2D eigenvalue weighted by Gasteiger charge is -2.31. The summed E-state index contributed by atoms with van der Waals surface area (Å²) in [6, 6.07) is 85.8. The number of benzene rings is 11. The molecule has 0 unspecified atom stereocenters. The number of nitrogens with zero attached hydrogens (tertiary/aromatic N) is 2. The topological polar surface area (TPSA) is 6.48 Å². The summed E-state index contributed by atoms with van der Waals surface area (Å²) in [6.45, 7) is 4.40. The molecule has 0 bridgehead atoms. The van der Waals surface area contributed by atoms with Crippen molar-refractivity contribution < 1.29 is 0 Å². The second kappa shape index (κ2) is 14.4. The molecule has 13 rings (SSSR count). The van der Waals surface area contributed by atoms with Crippen LogP contribution in [0.15, 0.2) is 231 Å². The Bertz CT molecular complexity index is 3520. The lowest BCUT2D eigenvalue weighted by atomic mass is 9.70. The zero-order valence-electron chi connectivity index (χ0n) is 36.3. The van der Waals surface area contributed by atoms with Crippen molar-refractivity contribution in [2.24, 2.45) is 0 Å². The van der Waals surface area contributed by atoms with E-state index >= 15 is 0 Å². The Morgan fingerprint density at radius 2 is 0.769 bits per heavy atom. The number of fused-ring (bicyclic) bond motifs is 14. The van der Waals surface area contributed by atoms with Gasteiger partial charge in [0.25, 0.3) is 0 Å². The molecule has 0 aromatic heterocycles. The van der Waals surface area contributed by atoms with Crippen LogP contribution in [0.4, 0.5) is 34.1 Å². The van der Waals surface area contributed by atoms with Gasteiger partial charge in [0.15, 0.2) is 0 Å². The predicted molar refractivity (Wildman–Crippen MR) is 274 cm³/mol. The number of aryl methyl sites for hydroxylation is 2. The van der Waals surface area contributed by atoms with Gasteiger partial charge in [-0.25, -0.2) is 0 Å². The zero-order valence-corrected chi connectivity index (χ0v) is 36.3. The average molecular weight is 829 g/mol. The summed E-state index contributed by atoms with van der Waals surface area (Å²) in [5.41, 5.74) is 19.4. The number of anilines is 6. The highest BCUT2D eigenvalue weighted by atomic mass is 15.1. The standard InChI is InChI=1S/C63H44N2/c1-41-17-9-15-27-60(41)64(48-20-5-3-6-21-48)50-32-29-44-37-54-55-38-45-30-33-51(65(49-22-7-4-8-23-49)61-28-16-10-18-42(61)2)36-47(45)40-59(55)63(58(54)39-46(44)35-50)56-26-14-13-25-53(56)62-52-24-12-11-19-43(52)31-34-57(62)63/h3-40H,1-2H3. The fourth-order valence-electron chi connectivity index (χ4n) is 11.3. The zero-order chi connectivity index (χ0) is 43.2. The maximum atomic E-state index is 2.53. The van der Waals surface area contributed by atoms with Crippen molar-refractivity contribution in [3.8, 4) is 22.3 Å². The highest BCUT2D eigenvalue weighted by molar-refractivity contribution is 6.09. The Morgan fingerprint density at radius 3 is 1.34 bits per heavy atom. The van der Waals surface area contributed by atoms with E-state index in [4.69, 9.17) is 0 Å². The van der Waals surface area contributed by atoms with Gasteiger partial charge in [0.1, 0.15) is 0 Å². The summed E-state index contributed by atoms with van der Waals surface area (Å²) in [5, 5.41) is 7.45. The van der Waals surface area contributed by atoms with E-state index in [9.17, 15) is 0 Å². The summed E-state index contributed by atoms with van der Waals surface area (Å²) in [4.78, 5) is 4.80. The molecule has 65 heavy (non-hydrogen) atoms. The molecule has 0 saturated carbocycles. The first kappa shape index (κ1) is 37.4. The van der Waals surface area contributed by atoms with Gasteiger partial charge in [-0.2, -0.15) is 0 Å². The highest BCUT2D eigenvalue weighted by Crippen LogP contribution is 2.65.